The molecule has 1 heterocycles. The molecule has 0 saturated carbocycles. The first-order valence-corrected chi connectivity index (χ1v) is 5.30. The molecule has 0 radical (unpaired) electrons. The average molecular weight is 210 g/mol. The van der Waals surface area contributed by atoms with Gasteiger partial charge in [-0.15, -0.1) is 10.2 Å². The Kier molecular flexibility index (Phi) is 3.42. The van der Waals surface area contributed by atoms with Gasteiger partial charge in [0.15, 0.2) is 0 Å². The first kappa shape index (κ1) is 10.9. The van der Waals surface area contributed by atoms with Crippen LogP contribution in [0, 0.1) is 11.3 Å². The number of aromatic nitrogens is 2. The monoisotopic (exact) mass is 210 g/mol. The highest BCUT2D eigenvalue weighted by atomic mass is 32.1. The van der Waals surface area contributed by atoms with E-state index in [0.717, 1.165) is 10.1 Å². The minimum Gasteiger partial charge on any atom is -0.359 e. The fourth-order valence-corrected chi connectivity index (χ4v) is 1.65. The Morgan fingerprint density at radius 1 is 1.43 bits per heavy atom. The summed E-state index contributed by atoms with van der Waals surface area (Å²) in [6, 6.07) is 2.07. The minimum atomic E-state index is 0.0484. The molecule has 0 amide bonds. The van der Waals surface area contributed by atoms with Gasteiger partial charge in [-0.05, 0) is 0 Å². The topological polar surface area (TPSA) is 61.6 Å². The molecular weight excluding hydrogens is 196 g/mol. The Hall–Kier alpha value is -1.15. The standard InChI is InChI=1S/C9H14N4S/c1-9(2,3)7-12-13-8(14-7)11-6-4-5-10/h4,6H2,1-3H3,(H,11,13). The third kappa shape index (κ3) is 2.96. The Labute approximate surface area is 88.0 Å². The summed E-state index contributed by atoms with van der Waals surface area (Å²) in [4.78, 5) is 0. The number of hydrogen-bond acceptors (Lipinski definition) is 5. The van der Waals surface area contributed by atoms with E-state index < -0.39 is 0 Å². The lowest BCUT2D eigenvalue weighted by atomic mass is 9.98. The molecule has 0 aliphatic heterocycles. The summed E-state index contributed by atoms with van der Waals surface area (Å²) in [7, 11) is 0. The molecule has 1 aromatic rings. The van der Waals surface area contributed by atoms with Crippen LogP contribution in [-0.2, 0) is 5.41 Å². The first-order chi connectivity index (χ1) is 6.54. The van der Waals surface area contributed by atoms with E-state index in [1.54, 1.807) is 11.3 Å². The number of nitrogens with zero attached hydrogens (tertiary/aromatic N) is 3. The largest absolute Gasteiger partial charge is 0.359 e. The predicted molar refractivity (Wildman–Crippen MR) is 57.3 cm³/mol. The van der Waals surface area contributed by atoms with Crippen LogP contribution in [0.25, 0.3) is 0 Å². The Morgan fingerprint density at radius 3 is 2.64 bits per heavy atom. The van der Waals surface area contributed by atoms with Gasteiger partial charge < -0.3 is 5.32 Å². The molecule has 0 saturated heterocycles. The molecule has 0 unspecified atom stereocenters. The van der Waals surface area contributed by atoms with E-state index in [4.69, 9.17) is 5.26 Å². The van der Waals surface area contributed by atoms with Crippen molar-refractivity contribution < 1.29 is 0 Å². The van der Waals surface area contributed by atoms with Crippen LogP contribution in [0.2, 0.25) is 0 Å². The molecule has 0 aromatic carbocycles. The van der Waals surface area contributed by atoms with Gasteiger partial charge in [0.2, 0.25) is 5.13 Å². The van der Waals surface area contributed by atoms with Crippen molar-refractivity contribution in [1.29, 1.82) is 5.26 Å². The lowest BCUT2D eigenvalue weighted by molar-refractivity contribution is 0.578. The molecule has 4 nitrogen and oxygen atoms in total. The van der Waals surface area contributed by atoms with Gasteiger partial charge in [-0.3, -0.25) is 0 Å². The van der Waals surface area contributed by atoms with Crippen LogP contribution in [0.5, 0.6) is 0 Å². The van der Waals surface area contributed by atoms with Crippen molar-refractivity contribution in [2.24, 2.45) is 0 Å². The average Bonchev–Trinajstić information content (AvgIpc) is 2.52. The van der Waals surface area contributed by atoms with Crippen molar-refractivity contribution >= 4 is 16.5 Å². The van der Waals surface area contributed by atoms with Gasteiger partial charge >= 0.3 is 0 Å². The summed E-state index contributed by atoms with van der Waals surface area (Å²) < 4.78 is 0. The third-order valence-corrected chi connectivity index (χ3v) is 2.89. The van der Waals surface area contributed by atoms with E-state index in [2.05, 4.69) is 42.4 Å². The highest BCUT2D eigenvalue weighted by Crippen LogP contribution is 2.27. The first-order valence-electron chi connectivity index (χ1n) is 4.49. The third-order valence-electron chi connectivity index (χ3n) is 1.58. The van der Waals surface area contributed by atoms with Crippen LogP contribution in [-0.4, -0.2) is 16.7 Å². The number of nitrogens with one attached hydrogen (secondary N) is 1. The van der Waals surface area contributed by atoms with Crippen LogP contribution >= 0.6 is 11.3 Å². The Balaban J connectivity index is 2.57. The van der Waals surface area contributed by atoms with Gasteiger partial charge in [0, 0.05) is 12.0 Å². The molecule has 0 fully saturated rings. The van der Waals surface area contributed by atoms with Gasteiger partial charge in [-0.1, -0.05) is 32.1 Å². The molecule has 0 spiro atoms. The summed E-state index contributed by atoms with van der Waals surface area (Å²) in [5, 5.41) is 21.3. The molecule has 1 N–H and O–H groups in total. The molecule has 5 heteroatoms. The van der Waals surface area contributed by atoms with Crippen LogP contribution in [0.3, 0.4) is 0 Å². The summed E-state index contributed by atoms with van der Waals surface area (Å²) in [6.07, 6.45) is 0.491. The molecule has 0 aliphatic carbocycles. The number of nitriles is 1. The predicted octanol–water partition coefficient (Wildman–Crippen LogP) is 2.16. The van der Waals surface area contributed by atoms with E-state index in [1.165, 1.54) is 0 Å². The molecular formula is C9H14N4S. The van der Waals surface area contributed by atoms with Crippen LogP contribution in [0.4, 0.5) is 5.13 Å². The van der Waals surface area contributed by atoms with E-state index >= 15 is 0 Å². The van der Waals surface area contributed by atoms with Gasteiger partial charge in [0.25, 0.3) is 0 Å². The zero-order chi connectivity index (χ0) is 10.6. The van der Waals surface area contributed by atoms with Gasteiger partial charge in [0.05, 0.1) is 12.5 Å². The van der Waals surface area contributed by atoms with Gasteiger partial charge in [-0.2, -0.15) is 5.26 Å². The van der Waals surface area contributed by atoms with E-state index in [9.17, 15) is 0 Å². The van der Waals surface area contributed by atoms with Crippen LogP contribution in [0.15, 0.2) is 0 Å². The summed E-state index contributed by atoms with van der Waals surface area (Å²) in [6.45, 7) is 6.95. The van der Waals surface area contributed by atoms with Crippen molar-refractivity contribution in [3.63, 3.8) is 0 Å². The lowest BCUT2D eigenvalue weighted by Crippen LogP contribution is -2.10. The molecule has 0 bridgehead atoms. The second-order valence-electron chi connectivity index (χ2n) is 4.00. The smallest absolute Gasteiger partial charge is 0.205 e. The maximum atomic E-state index is 8.36. The number of anilines is 1. The molecule has 0 aliphatic rings. The minimum absolute atomic E-state index is 0.0484. The summed E-state index contributed by atoms with van der Waals surface area (Å²) in [5.41, 5.74) is 0.0484. The molecule has 0 atom stereocenters. The maximum Gasteiger partial charge on any atom is 0.205 e. The second-order valence-corrected chi connectivity index (χ2v) is 4.97. The highest BCUT2D eigenvalue weighted by Gasteiger charge is 2.18. The van der Waals surface area contributed by atoms with Crippen molar-refractivity contribution in [2.45, 2.75) is 32.6 Å². The van der Waals surface area contributed by atoms with Crippen molar-refractivity contribution in [3.8, 4) is 6.07 Å². The zero-order valence-electron chi connectivity index (χ0n) is 8.66. The fourth-order valence-electron chi connectivity index (χ4n) is 0.823. The lowest BCUT2D eigenvalue weighted by Gasteiger charge is -2.12. The number of hydrogen-bond donors (Lipinski definition) is 1. The molecule has 14 heavy (non-hydrogen) atoms. The van der Waals surface area contributed by atoms with Crippen molar-refractivity contribution in [3.05, 3.63) is 5.01 Å². The van der Waals surface area contributed by atoms with Gasteiger partial charge in [0.1, 0.15) is 5.01 Å². The highest BCUT2D eigenvalue weighted by molar-refractivity contribution is 7.15. The number of rotatable bonds is 3. The summed E-state index contributed by atoms with van der Waals surface area (Å²) in [5.74, 6) is 0. The Bertz CT molecular complexity index is 331. The zero-order valence-corrected chi connectivity index (χ0v) is 9.48. The van der Waals surface area contributed by atoms with Crippen molar-refractivity contribution in [2.75, 3.05) is 11.9 Å². The fraction of sp³-hybridized carbons (Fsp3) is 0.667. The normalized spacial score (nSPS) is 11.0. The van der Waals surface area contributed by atoms with E-state index in [-0.39, 0.29) is 5.41 Å². The maximum absolute atomic E-state index is 8.36. The SMILES string of the molecule is CC(C)(C)c1nnc(NCCC#N)s1. The molecule has 1 aromatic heterocycles. The summed E-state index contributed by atoms with van der Waals surface area (Å²) >= 11 is 1.55. The van der Waals surface area contributed by atoms with Crippen LogP contribution < -0.4 is 5.32 Å². The quantitative estimate of drug-likeness (QED) is 0.777. The van der Waals surface area contributed by atoms with Crippen LogP contribution in [0.1, 0.15) is 32.2 Å². The van der Waals surface area contributed by atoms with Gasteiger partial charge in [-0.25, -0.2) is 0 Å². The van der Waals surface area contributed by atoms with E-state index in [0.29, 0.717) is 13.0 Å². The molecule has 1 rings (SSSR count). The Morgan fingerprint density at radius 2 is 2.14 bits per heavy atom. The van der Waals surface area contributed by atoms with E-state index in [1.807, 2.05) is 0 Å². The van der Waals surface area contributed by atoms with Crippen molar-refractivity contribution in [1.82, 2.24) is 10.2 Å². The second kappa shape index (κ2) is 4.38. The molecule has 76 valence electrons.